The van der Waals surface area contributed by atoms with Gasteiger partial charge in [-0.3, -0.25) is 0 Å². The molecule has 2 unspecified atom stereocenters. The molecule has 1 rings (SSSR count). The molecule has 0 bridgehead atoms. The Morgan fingerprint density at radius 1 is 1.00 bits per heavy atom. The lowest BCUT2D eigenvalue weighted by atomic mass is 9.96. The molecule has 2 heteroatoms. The molecule has 1 aromatic rings. The maximum absolute atomic E-state index is 5.78. The molecule has 0 aliphatic rings. The number of hydrogen-bond acceptors (Lipinski definition) is 2. The van der Waals surface area contributed by atoms with Crippen LogP contribution in [-0.4, -0.2) is 25.9 Å². The van der Waals surface area contributed by atoms with Crippen LogP contribution in [0.1, 0.15) is 38.7 Å². The van der Waals surface area contributed by atoms with Crippen LogP contribution in [0, 0.1) is 0 Å². The lowest BCUT2D eigenvalue weighted by Crippen LogP contribution is -2.19. The van der Waals surface area contributed by atoms with Crippen LogP contribution in [0.15, 0.2) is 30.3 Å². The van der Waals surface area contributed by atoms with E-state index in [0.717, 1.165) is 13.0 Å². The standard InChI is InChI=1S/C15H24O2/c1-4-10-16-11-12-17-14(3)13(2)15-8-6-5-7-9-15/h5-9,13-14H,4,10-12H2,1-3H3. The zero-order valence-electron chi connectivity index (χ0n) is 11.2. The van der Waals surface area contributed by atoms with Crippen molar-refractivity contribution < 1.29 is 9.47 Å². The molecule has 17 heavy (non-hydrogen) atoms. The fraction of sp³-hybridized carbons (Fsp3) is 0.600. The van der Waals surface area contributed by atoms with Gasteiger partial charge in [0.15, 0.2) is 0 Å². The summed E-state index contributed by atoms with van der Waals surface area (Å²) in [6, 6.07) is 10.5. The van der Waals surface area contributed by atoms with Crippen LogP contribution in [0.5, 0.6) is 0 Å². The van der Waals surface area contributed by atoms with Gasteiger partial charge in [0.25, 0.3) is 0 Å². The largest absolute Gasteiger partial charge is 0.379 e. The molecule has 0 aromatic heterocycles. The first-order chi connectivity index (χ1) is 8.25. The maximum Gasteiger partial charge on any atom is 0.0704 e. The van der Waals surface area contributed by atoms with Gasteiger partial charge in [0, 0.05) is 12.5 Å². The van der Waals surface area contributed by atoms with Crippen LogP contribution in [0.25, 0.3) is 0 Å². The molecule has 2 nitrogen and oxygen atoms in total. The number of benzene rings is 1. The first-order valence-electron chi connectivity index (χ1n) is 6.50. The van der Waals surface area contributed by atoms with Crippen LogP contribution in [0.4, 0.5) is 0 Å². The number of rotatable bonds is 8. The van der Waals surface area contributed by atoms with E-state index in [2.05, 4.69) is 45.0 Å². The van der Waals surface area contributed by atoms with E-state index < -0.39 is 0 Å². The van der Waals surface area contributed by atoms with E-state index in [-0.39, 0.29) is 6.10 Å². The topological polar surface area (TPSA) is 18.5 Å². The Hall–Kier alpha value is -0.860. The average Bonchev–Trinajstić information content (AvgIpc) is 2.38. The summed E-state index contributed by atoms with van der Waals surface area (Å²) in [4.78, 5) is 0. The van der Waals surface area contributed by atoms with Gasteiger partial charge in [-0.2, -0.15) is 0 Å². The van der Waals surface area contributed by atoms with Gasteiger partial charge in [-0.05, 0) is 18.9 Å². The van der Waals surface area contributed by atoms with Gasteiger partial charge in [0.1, 0.15) is 0 Å². The second kappa shape index (κ2) is 8.26. The minimum atomic E-state index is 0.225. The highest BCUT2D eigenvalue weighted by Crippen LogP contribution is 2.20. The van der Waals surface area contributed by atoms with Gasteiger partial charge in [-0.1, -0.05) is 44.2 Å². The van der Waals surface area contributed by atoms with Crippen LogP contribution in [0.2, 0.25) is 0 Å². The molecule has 0 radical (unpaired) electrons. The minimum absolute atomic E-state index is 0.225. The highest BCUT2D eigenvalue weighted by molar-refractivity contribution is 5.19. The monoisotopic (exact) mass is 236 g/mol. The van der Waals surface area contributed by atoms with Gasteiger partial charge >= 0.3 is 0 Å². The van der Waals surface area contributed by atoms with Gasteiger partial charge in [-0.25, -0.2) is 0 Å². The number of hydrogen-bond donors (Lipinski definition) is 0. The quantitative estimate of drug-likeness (QED) is 0.642. The summed E-state index contributed by atoms with van der Waals surface area (Å²) in [6.45, 7) is 8.63. The van der Waals surface area contributed by atoms with E-state index in [1.165, 1.54) is 5.56 Å². The van der Waals surface area contributed by atoms with E-state index in [9.17, 15) is 0 Å². The van der Waals surface area contributed by atoms with Crippen molar-refractivity contribution in [3.05, 3.63) is 35.9 Å². The molecule has 2 atom stereocenters. The Morgan fingerprint density at radius 3 is 2.35 bits per heavy atom. The van der Waals surface area contributed by atoms with Gasteiger partial charge in [0.2, 0.25) is 0 Å². The molecule has 0 heterocycles. The first-order valence-corrected chi connectivity index (χ1v) is 6.50. The van der Waals surface area contributed by atoms with Crippen molar-refractivity contribution in [1.82, 2.24) is 0 Å². The summed E-state index contributed by atoms with van der Waals surface area (Å²) in [7, 11) is 0. The second-order valence-corrected chi connectivity index (χ2v) is 4.39. The maximum atomic E-state index is 5.78. The molecule has 0 aliphatic carbocycles. The Morgan fingerprint density at radius 2 is 1.71 bits per heavy atom. The Kier molecular flexibility index (Phi) is 6.90. The van der Waals surface area contributed by atoms with Gasteiger partial charge in [0.05, 0.1) is 19.3 Å². The van der Waals surface area contributed by atoms with Crippen molar-refractivity contribution in [3.63, 3.8) is 0 Å². The third kappa shape index (κ3) is 5.33. The smallest absolute Gasteiger partial charge is 0.0704 e. The van der Waals surface area contributed by atoms with Crippen molar-refractivity contribution in [3.8, 4) is 0 Å². The Balaban J connectivity index is 2.25. The summed E-state index contributed by atoms with van der Waals surface area (Å²) in [5.74, 6) is 0.419. The van der Waals surface area contributed by atoms with E-state index in [0.29, 0.717) is 19.1 Å². The summed E-state index contributed by atoms with van der Waals surface area (Å²) in [5, 5.41) is 0. The Labute approximate surface area is 105 Å². The Bertz CT molecular complexity index is 284. The van der Waals surface area contributed by atoms with Crippen molar-refractivity contribution in [2.24, 2.45) is 0 Å². The van der Waals surface area contributed by atoms with E-state index >= 15 is 0 Å². The van der Waals surface area contributed by atoms with Crippen LogP contribution >= 0.6 is 0 Å². The summed E-state index contributed by atoms with van der Waals surface area (Å²) < 4.78 is 11.2. The predicted octanol–water partition coefficient (Wildman–Crippen LogP) is 3.62. The molecule has 0 spiro atoms. The molecular weight excluding hydrogens is 212 g/mol. The summed E-state index contributed by atoms with van der Waals surface area (Å²) in [5.41, 5.74) is 1.33. The van der Waals surface area contributed by atoms with Gasteiger partial charge in [-0.15, -0.1) is 0 Å². The van der Waals surface area contributed by atoms with Crippen molar-refractivity contribution in [2.75, 3.05) is 19.8 Å². The zero-order valence-corrected chi connectivity index (χ0v) is 11.2. The lowest BCUT2D eigenvalue weighted by molar-refractivity contribution is 0.00372. The molecule has 0 saturated carbocycles. The highest BCUT2D eigenvalue weighted by atomic mass is 16.5. The fourth-order valence-electron chi connectivity index (χ4n) is 1.71. The molecule has 0 amide bonds. The average molecular weight is 236 g/mol. The van der Waals surface area contributed by atoms with Gasteiger partial charge < -0.3 is 9.47 Å². The van der Waals surface area contributed by atoms with Crippen LogP contribution in [0.3, 0.4) is 0 Å². The molecule has 0 N–H and O–H groups in total. The van der Waals surface area contributed by atoms with Crippen LogP contribution < -0.4 is 0 Å². The predicted molar refractivity (Wildman–Crippen MR) is 71.4 cm³/mol. The van der Waals surface area contributed by atoms with E-state index in [1.54, 1.807) is 0 Å². The summed E-state index contributed by atoms with van der Waals surface area (Å²) >= 11 is 0. The molecule has 0 aliphatic heterocycles. The zero-order chi connectivity index (χ0) is 12.5. The minimum Gasteiger partial charge on any atom is -0.379 e. The van der Waals surface area contributed by atoms with E-state index in [4.69, 9.17) is 9.47 Å². The van der Waals surface area contributed by atoms with Crippen molar-refractivity contribution in [2.45, 2.75) is 39.2 Å². The van der Waals surface area contributed by atoms with E-state index in [1.807, 2.05) is 6.07 Å². The summed E-state index contributed by atoms with van der Waals surface area (Å²) in [6.07, 6.45) is 1.29. The highest BCUT2D eigenvalue weighted by Gasteiger charge is 2.14. The third-order valence-corrected chi connectivity index (χ3v) is 2.99. The fourth-order valence-corrected chi connectivity index (χ4v) is 1.71. The second-order valence-electron chi connectivity index (χ2n) is 4.39. The van der Waals surface area contributed by atoms with Crippen LogP contribution in [-0.2, 0) is 9.47 Å². The number of ether oxygens (including phenoxy) is 2. The molecule has 0 fully saturated rings. The SMILES string of the molecule is CCCOCCOC(C)C(C)c1ccccc1. The molecule has 0 saturated heterocycles. The van der Waals surface area contributed by atoms with Crippen molar-refractivity contribution in [1.29, 1.82) is 0 Å². The molecular formula is C15H24O2. The normalized spacial score (nSPS) is 14.5. The molecule has 96 valence electrons. The lowest BCUT2D eigenvalue weighted by Gasteiger charge is -2.21. The van der Waals surface area contributed by atoms with Crippen molar-refractivity contribution >= 4 is 0 Å². The third-order valence-electron chi connectivity index (χ3n) is 2.99. The molecule has 1 aromatic carbocycles. The first kappa shape index (κ1) is 14.2.